The Morgan fingerprint density at radius 1 is 1.29 bits per heavy atom. The first-order valence-corrected chi connectivity index (χ1v) is 7.75. The molecule has 0 aliphatic carbocycles. The van der Waals surface area contributed by atoms with E-state index in [1.54, 1.807) is 19.2 Å². The van der Waals surface area contributed by atoms with Crippen molar-refractivity contribution in [3.8, 4) is 5.75 Å². The van der Waals surface area contributed by atoms with E-state index in [2.05, 4.69) is 5.32 Å². The van der Waals surface area contributed by atoms with Crippen molar-refractivity contribution in [2.45, 2.75) is 13.0 Å². The van der Waals surface area contributed by atoms with Crippen LogP contribution in [-0.2, 0) is 0 Å². The predicted octanol–water partition coefficient (Wildman–Crippen LogP) is 3.99. The summed E-state index contributed by atoms with van der Waals surface area (Å²) in [4.78, 5) is 12.4. The van der Waals surface area contributed by atoms with Crippen LogP contribution in [-0.4, -0.2) is 29.1 Å². The number of thiocarbonyl (C=S) groups is 1. The molecule has 126 valence electrons. The van der Waals surface area contributed by atoms with Gasteiger partial charge in [-0.05, 0) is 49.0 Å². The highest BCUT2D eigenvalue weighted by Gasteiger charge is 2.17. The van der Waals surface area contributed by atoms with Gasteiger partial charge in [0.25, 0.3) is 5.69 Å². The van der Waals surface area contributed by atoms with Gasteiger partial charge in [0.15, 0.2) is 5.11 Å². The van der Waals surface area contributed by atoms with Crippen molar-refractivity contribution >= 4 is 28.7 Å². The van der Waals surface area contributed by atoms with Crippen LogP contribution in [0.1, 0.15) is 18.5 Å². The normalized spacial score (nSPS) is 11.5. The van der Waals surface area contributed by atoms with E-state index < -0.39 is 4.92 Å². The van der Waals surface area contributed by atoms with Gasteiger partial charge in [0.2, 0.25) is 0 Å². The van der Waals surface area contributed by atoms with Crippen LogP contribution in [0.5, 0.6) is 5.75 Å². The topological polar surface area (TPSA) is 67.6 Å². The number of non-ortho nitro benzene ring substituents is 1. The molecule has 2 aromatic carbocycles. The van der Waals surface area contributed by atoms with Gasteiger partial charge in [0.1, 0.15) is 5.75 Å². The number of nitrogens with one attached hydrogen (secondary N) is 1. The lowest BCUT2D eigenvalue weighted by molar-refractivity contribution is -0.384. The summed E-state index contributed by atoms with van der Waals surface area (Å²) in [6.07, 6.45) is 0. The Morgan fingerprint density at radius 3 is 2.54 bits per heavy atom. The highest BCUT2D eigenvalue weighted by Crippen LogP contribution is 2.24. The molecule has 1 atom stereocenters. The standard InChI is InChI=1S/C17H19N3O3S/c1-12(13-5-4-6-15(11-13)20(21)22)19(2)17(24)18-14-7-9-16(23-3)10-8-14/h4-12H,1-3H3,(H,18,24)/t12-/m1/s1. The first-order chi connectivity index (χ1) is 11.4. The molecule has 24 heavy (non-hydrogen) atoms. The number of methoxy groups -OCH3 is 1. The maximum atomic E-state index is 10.9. The molecule has 6 nitrogen and oxygen atoms in total. The molecule has 2 aromatic rings. The van der Waals surface area contributed by atoms with Gasteiger partial charge in [-0.1, -0.05) is 12.1 Å². The number of benzene rings is 2. The van der Waals surface area contributed by atoms with Crippen molar-refractivity contribution in [3.05, 3.63) is 64.2 Å². The zero-order valence-corrected chi connectivity index (χ0v) is 14.5. The van der Waals surface area contributed by atoms with Crippen LogP contribution >= 0.6 is 12.2 Å². The molecule has 1 N–H and O–H groups in total. The Balaban J connectivity index is 2.08. The molecule has 0 fully saturated rings. The Hall–Kier alpha value is -2.67. The van der Waals surface area contributed by atoms with E-state index in [1.165, 1.54) is 6.07 Å². The van der Waals surface area contributed by atoms with Gasteiger partial charge in [-0.25, -0.2) is 0 Å². The van der Waals surface area contributed by atoms with E-state index in [0.29, 0.717) is 5.11 Å². The molecule has 0 aliphatic rings. The number of nitrogens with zero attached hydrogens (tertiary/aromatic N) is 2. The number of hydrogen-bond donors (Lipinski definition) is 1. The first-order valence-electron chi connectivity index (χ1n) is 7.34. The minimum Gasteiger partial charge on any atom is -0.497 e. The second-order valence-corrected chi connectivity index (χ2v) is 5.68. The average molecular weight is 345 g/mol. The van der Waals surface area contributed by atoms with Gasteiger partial charge in [0, 0.05) is 24.9 Å². The van der Waals surface area contributed by atoms with Crippen LogP contribution in [0.2, 0.25) is 0 Å². The van der Waals surface area contributed by atoms with E-state index in [4.69, 9.17) is 17.0 Å². The summed E-state index contributed by atoms with van der Waals surface area (Å²) in [6, 6.07) is 13.9. The second-order valence-electron chi connectivity index (χ2n) is 5.30. The fraction of sp³-hybridized carbons (Fsp3) is 0.235. The Bertz CT molecular complexity index is 734. The third-order valence-corrected chi connectivity index (χ3v) is 4.20. The fourth-order valence-electron chi connectivity index (χ4n) is 2.18. The summed E-state index contributed by atoms with van der Waals surface area (Å²) >= 11 is 5.43. The molecule has 0 aliphatic heterocycles. The SMILES string of the molecule is COc1ccc(NC(=S)N(C)[C@H](C)c2cccc([N+](=O)[O-])c2)cc1. The quantitative estimate of drug-likeness (QED) is 0.502. The summed E-state index contributed by atoms with van der Waals surface area (Å²) in [6.45, 7) is 1.95. The molecule has 0 aromatic heterocycles. The molecule has 0 spiro atoms. The Kier molecular flexibility index (Phi) is 5.70. The van der Waals surface area contributed by atoms with Gasteiger partial charge in [-0.2, -0.15) is 0 Å². The van der Waals surface area contributed by atoms with Crippen molar-refractivity contribution in [3.63, 3.8) is 0 Å². The summed E-state index contributed by atoms with van der Waals surface area (Å²) < 4.78 is 5.12. The van der Waals surface area contributed by atoms with Gasteiger partial charge < -0.3 is 15.0 Å². The van der Waals surface area contributed by atoms with Crippen molar-refractivity contribution < 1.29 is 9.66 Å². The summed E-state index contributed by atoms with van der Waals surface area (Å²) in [5.41, 5.74) is 1.74. The molecule has 0 saturated carbocycles. The molecule has 7 heteroatoms. The Morgan fingerprint density at radius 2 is 1.96 bits per heavy atom. The highest BCUT2D eigenvalue weighted by molar-refractivity contribution is 7.80. The number of rotatable bonds is 5. The van der Waals surface area contributed by atoms with E-state index >= 15 is 0 Å². The molecule has 0 saturated heterocycles. The molecule has 0 unspecified atom stereocenters. The summed E-state index contributed by atoms with van der Waals surface area (Å²) in [5, 5.41) is 14.6. The van der Waals surface area contributed by atoms with E-state index in [1.807, 2.05) is 49.2 Å². The molecule has 0 amide bonds. The maximum absolute atomic E-state index is 10.9. The van der Waals surface area contributed by atoms with E-state index in [9.17, 15) is 10.1 Å². The van der Waals surface area contributed by atoms with Gasteiger partial charge in [-0.3, -0.25) is 10.1 Å². The van der Waals surface area contributed by atoms with Crippen LogP contribution in [0.25, 0.3) is 0 Å². The summed E-state index contributed by atoms with van der Waals surface area (Å²) in [7, 11) is 3.46. The number of hydrogen-bond acceptors (Lipinski definition) is 4. The van der Waals surface area contributed by atoms with Gasteiger partial charge >= 0.3 is 0 Å². The zero-order valence-electron chi connectivity index (χ0n) is 13.7. The van der Waals surface area contributed by atoms with E-state index in [0.717, 1.165) is 17.0 Å². The number of ether oxygens (including phenoxy) is 1. The molecule has 0 radical (unpaired) electrons. The largest absolute Gasteiger partial charge is 0.497 e. The molecule has 0 heterocycles. The molecule has 2 rings (SSSR count). The van der Waals surface area contributed by atoms with Gasteiger partial charge in [-0.15, -0.1) is 0 Å². The molecular formula is C17H19N3O3S. The minimum absolute atomic E-state index is 0.0711. The van der Waals surface area contributed by atoms with Crippen LogP contribution < -0.4 is 10.1 Å². The monoisotopic (exact) mass is 345 g/mol. The summed E-state index contributed by atoms with van der Waals surface area (Å²) in [5.74, 6) is 0.768. The van der Waals surface area contributed by atoms with Crippen LogP contribution in [0.15, 0.2) is 48.5 Å². The zero-order chi connectivity index (χ0) is 17.7. The third kappa shape index (κ3) is 4.20. The van der Waals surface area contributed by atoms with Crippen molar-refractivity contribution in [1.82, 2.24) is 4.90 Å². The average Bonchev–Trinajstić information content (AvgIpc) is 2.61. The molecule has 0 bridgehead atoms. The highest BCUT2D eigenvalue weighted by atomic mass is 32.1. The second kappa shape index (κ2) is 7.74. The van der Waals surface area contributed by atoms with Crippen molar-refractivity contribution in [2.24, 2.45) is 0 Å². The lowest BCUT2D eigenvalue weighted by Crippen LogP contribution is -2.33. The smallest absolute Gasteiger partial charge is 0.269 e. The lowest BCUT2D eigenvalue weighted by atomic mass is 10.1. The van der Waals surface area contributed by atoms with Crippen LogP contribution in [0, 0.1) is 10.1 Å². The van der Waals surface area contributed by atoms with E-state index in [-0.39, 0.29) is 11.7 Å². The fourth-order valence-corrected chi connectivity index (χ4v) is 2.46. The Labute approximate surface area is 146 Å². The number of anilines is 1. The van der Waals surface area contributed by atoms with Crippen molar-refractivity contribution in [2.75, 3.05) is 19.5 Å². The van der Waals surface area contributed by atoms with Crippen LogP contribution in [0.3, 0.4) is 0 Å². The first kappa shape index (κ1) is 17.7. The molecular weight excluding hydrogens is 326 g/mol. The maximum Gasteiger partial charge on any atom is 0.269 e. The van der Waals surface area contributed by atoms with Crippen molar-refractivity contribution in [1.29, 1.82) is 0 Å². The minimum atomic E-state index is -0.399. The lowest BCUT2D eigenvalue weighted by Gasteiger charge is -2.28. The number of nitro groups is 1. The van der Waals surface area contributed by atoms with Crippen LogP contribution in [0.4, 0.5) is 11.4 Å². The third-order valence-electron chi connectivity index (χ3n) is 3.81. The predicted molar refractivity (Wildman–Crippen MR) is 98.5 cm³/mol. The van der Waals surface area contributed by atoms with Gasteiger partial charge in [0.05, 0.1) is 18.1 Å². The number of nitro benzene ring substituents is 1.